The Morgan fingerprint density at radius 2 is 1.43 bits per heavy atom. The van der Waals surface area contributed by atoms with E-state index >= 15 is 0 Å². The molecule has 112 valence electrons. The van der Waals surface area contributed by atoms with Gasteiger partial charge in [0.05, 0.1) is 0 Å². The van der Waals surface area contributed by atoms with E-state index in [0.717, 1.165) is 22.3 Å². The van der Waals surface area contributed by atoms with Crippen LogP contribution in [0.5, 0.6) is 0 Å². The molecule has 0 bridgehead atoms. The van der Waals surface area contributed by atoms with E-state index in [2.05, 4.69) is 0 Å². The highest BCUT2D eigenvalue weighted by Gasteiger charge is 2.22. The minimum atomic E-state index is -4.22. The molecular weight excluding hydrogens is 284 g/mol. The smallest absolute Gasteiger partial charge is 0.282 e. The quantitative estimate of drug-likeness (QED) is 0.878. The molecule has 0 saturated carbocycles. The van der Waals surface area contributed by atoms with Crippen molar-refractivity contribution in [3.05, 3.63) is 63.7 Å². The van der Waals surface area contributed by atoms with Crippen molar-refractivity contribution < 1.29 is 13.0 Å². The van der Waals surface area contributed by atoms with Crippen LogP contribution in [0.25, 0.3) is 0 Å². The summed E-state index contributed by atoms with van der Waals surface area (Å²) in [6.45, 7) is 7.40. The van der Waals surface area contributed by atoms with Gasteiger partial charge in [-0.15, -0.1) is 0 Å². The summed E-state index contributed by atoms with van der Waals surface area (Å²) in [5.41, 5.74) is 5.36. The molecule has 0 spiro atoms. The Morgan fingerprint density at radius 3 is 1.95 bits per heavy atom. The van der Waals surface area contributed by atoms with E-state index in [-0.39, 0.29) is 4.90 Å². The molecule has 0 unspecified atom stereocenters. The molecule has 0 aliphatic heterocycles. The molecule has 2 aromatic rings. The first kappa shape index (κ1) is 15.7. The average molecular weight is 304 g/mol. The number of hydrogen-bond donors (Lipinski definition) is 1. The first-order valence-electron chi connectivity index (χ1n) is 6.84. The van der Waals surface area contributed by atoms with Crippen molar-refractivity contribution in [2.75, 3.05) is 0 Å². The Labute approximate surface area is 126 Å². The van der Waals surface area contributed by atoms with Gasteiger partial charge in [-0.25, -0.2) is 0 Å². The monoisotopic (exact) mass is 304 g/mol. The van der Waals surface area contributed by atoms with Gasteiger partial charge >= 0.3 is 0 Å². The van der Waals surface area contributed by atoms with Crippen molar-refractivity contribution >= 4 is 10.1 Å². The van der Waals surface area contributed by atoms with Crippen LogP contribution >= 0.6 is 0 Å². The van der Waals surface area contributed by atoms with Crippen molar-refractivity contribution in [1.29, 1.82) is 0 Å². The van der Waals surface area contributed by atoms with Crippen LogP contribution in [0.2, 0.25) is 0 Å². The Bertz CT molecular complexity index is 776. The molecule has 0 aromatic heterocycles. The van der Waals surface area contributed by atoms with E-state index in [0.29, 0.717) is 17.5 Å². The second-order valence-electron chi connectivity index (χ2n) is 5.45. The van der Waals surface area contributed by atoms with Gasteiger partial charge in [0, 0.05) is 0 Å². The molecule has 3 nitrogen and oxygen atoms in total. The standard InChI is InChI=1S/C17H20O3S/c1-11-12(2)16(10-15-8-6-5-7-9-15)14(4)17(13(11)3)21(18,19)20/h5-9H,10H2,1-4H3,(H,18,19,20). The molecule has 1 N–H and O–H groups in total. The van der Waals surface area contributed by atoms with E-state index in [1.165, 1.54) is 0 Å². The summed E-state index contributed by atoms with van der Waals surface area (Å²) in [4.78, 5) is 0.0523. The fourth-order valence-electron chi connectivity index (χ4n) is 2.83. The second-order valence-corrected chi connectivity index (χ2v) is 6.80. The lowest BCUT2D eigenvalue weighted by Crippen LogP contribution is -2.10. The molecule has 0 aliphatic rings. The Morgan fingerprint density at radius 1 is 0.857 bits per heavy atom. The van der Waals surface area contributed by atoms with E-state index in [9.17, 15) is 13.0 Å². The Hall–Kier alpha value is -1.65. The van der Waals surface area contributed by atoms with Crippen LogP contribution in [-0.2, 0) is 16.5 Å². The van der Waals surface area contributed by atoms with Crippen molar-refractivity contribution in [3.8, 4) is 0 Å². The second kappa shape index (κ2) is 5.62. The minimum absolute atomic E-state index is 0.0523. The lowest BCUT2D eigenvalue weighted by molar-refractivity contribution is 0.481. The van der Waals surface area contributed by atoms with Crippen LogP contribution in [0.4, 0.5) is 0 Å². The first-order chi connectivity index (χ1) is 9.73. The molecule has 2 aromatic carbocycles. The summed E-state index contributed by atoms with van der Waals surface area (Å²) in [5.74, 6) is 0. The molecule has 0 heterocycles. The number of rotatable bonds is 3. The third-order valence-corrected chi connectivity index (χ3v) is 5.32. The van der Waals surface area contributed by atoms with Crippen LogP contribution < -0.4 is 0 Å². The van der Waals surface area contributed by atoms with Crippen molar-refractivity contribution in [3.63, 3.8) is 0 Å². The lowest BCUT2D eigenvalue weighted by Gasteiger charge is -2.19. The van der Waals surface area contributed by atoms with Crippen molar-refractivity contribution in [2.24, 2.45) is 0 Å². The third-order valence-electron chi connectivity index (χ3n) is 4.19. The van der Waals surface area contributed by atoms with E-state index in [1.54, 1.807) is 13.8 Å². The molecular formula is C17H20O3S. The lowest BCUT2D eigenvalue weighted by atomic mass is 9.90. The van der Waals surface area contributed by atoms with Crippen LogP contribution in [0.15, 0.2) is 35.2 Å². The van der Waals surface area contributed by atoms with Gasteiger partial charge in [-0.05, 0) is 67.5 Å². The average Bonchev–Trinajstić information content (AvgIpc) is 2.41. The van der Waals surface area contributed by atoms with Crippen molar-refractivity contribution in [1.82, 2.24) is 0 Å². The van der Waals surface area contributed by atoms with Gasteiger partial charge in [0.1, 0.15) is 4.90 Å². The molecule has 2 rings (SSSR count). The maximum atomic E-state index is 11.7. The minimum Gasteiger partial charge on any atom is -0.282 e. The van der Waals surface area contributed by atoms with Gasteiger partial charge in [0.15, 0.2) is 0 Å². The molecule has 0 saturated heterocycles. The van der Waals surface area contributed by atoms with Gasteiger partial charge in [0.2, 0.25) is 0 Å². The molecule has 4 heteroatoms. The van der Waals surface area contributed by atoms with Gasteiger partial charge in [-0.3, -0.25) is 4.55 Å². The SMILES string of the molecule is Cc1c(C)c(Cc2ccccc2)c(C)c(S(=O)(=O)O)c1C. The highest BCUT2D eigenvalue weighted by molar-refractivity contribution is 7.86. The summed E-state index contributed by atoms with van der Waals surface area (Å²) in [6.07, 6.45) is 0.655. The van der Waals surface area contributed by atoms with Crippen molar-refractivity contribution in [2.45, 2.75) is 39.0 Å². The molecule has 0 fully saturated rings. The van der Waals surface area contributed by atoms with Gasteiger partial charge in [0.25, 0.3) is 10.1 Å². The summed E-state index contributed by atoms with van der Waals surface area (Å²) in [5, 5.41) is 0. The molecule has 0 aliphatic carbocycles. The van der Waals surface area contributed by atoms with Gasteiger partial charge in [-0.2, -0.15) is 8.42 Å². The summed E-state index contributed by atoms with van der Waals surface area (Å²) in [7, 11) is -4.22. The maximum Gasteiger partial charge on any atom is 0.295 e. The Balaban J connectivity index is 2.70. The summed E-state index contributed by atoms with van der Waals surface area (Å²) >= 11 is 0. The summed E-state index contributed by atoms with van der Waals surface area (Å²) in [6, 6.07) is 9.91. The largest absolute Gasteiger partial charge is 0.295 e. The third kappa shape index (κ3) is 3.01. The van der Waals surface area contributed by atoms with Crippen LogP contribution in [-0.4, -0.2) is 13.0 Å². The molecule has 21 heavy (non-hydrogen) atoms. The zero-order valence-corrected chi connectivity index (χ0v) is 13.6. The highest BCUT2D eigenvalue weighted by Crippen LogP contribution is 2.31. The molecule has 0 atom stereocenters. The predicted molar refractivity (Wildman–Crippen MR) is 84.5 cm³/mol. The van der Waals surface area contributed by atoms with E-state index in [1.807, 2.05) is 44.2 Å². The first-order valence-corrected chi connectivity index (χ1v) is 8.28. The molecule has 0 amide bonds. The fourth-order valence-corrected chi connectivity index (χ4v) is 3.88. The molecule has 0 radical (unpaired) electrons. The topological polar surface area (TPSA) is 54.4 Å². The van der Waals surface area contributed by atoms with Gasteiger partial charge < -0.3 is 0 Å². The van der Waals surface area contributed by atoms with Gasteiger partial charge in [-0.1, -0.05) is 30.3 Å². The Kier molecular flexibility index (Phi) is 4.21. The predicted octanol–water partition coefficient (Wildman–Crippen LogP) is 3.76. The number of benzene rings is 2. The van der Waals surface area contributed by atoms with E-state index in [4.69, 9.17) is 0 Å². The fraction of sp³-hybridized carbons (Fsp3) is 0.294. The van der Waals surface area contributed by atoms with Crippen LogP contribution in [0, 0.1) is 27.7 Å². The summed E-state index contributed by atoms with van der Waals surface area (Å²) < 4.78 is 32.9. The van der Waals surface area contributed by atoms with E-state index < -0.39 is 10.1 Å². The maximum absolute atomic E-state index is 11.7. The zero-order chi connectivity index (χ0) is 15.8. The number of hydrogen-bond acceptors (Lipinski definition) is 2. The zero-order valence-electron chi connectivity index (χ0n) is 12.8. The van der Waals surface area contributed by atoms with Crippen LogP contribution in [0.1, 0.15) is 33.4 Å². The normalized spacial score (nSPS) is 11.7. The van der Waals surface area contributed by atoms with Crippen LogP contribution in [0.3, 0.4) is 0 Å². The highest BCUT2D eigenvalue weighted by atomic mass is 32.2.